The van der Waals surface area contributed by atoms with Gasteiger partial charge in [0.1, 0.15) is 17.1 Å². The number of alkyl halides is 3. The monoisotopic (exact) mass is 530 g/mol. The van der Waals surface area contributed by atoms with Crippen LogP contribution in [0.1, 0.15) is 36.8 Å². The van der Waals surface area contributed by atoms with Crippen molar-refractivity contribution in [3.05, 3.63) is 65.9 Å². The fraction of sp³-hybridized carbons (Fsp3) is 0.370. The minimum absolute atomic E-state index is 0.0181. The lowest BCUT2D eigenvalue weighted by molar-refractivity contribution is -0.274. The smallest absolute Gasteiger partial charge is 0.508 e. The van der Waals surface area contributed by atoms with Gasteiger partial charge in [-0.05, 0) is 79.9 Å². The van der Waals surface area contributed by atoms with Crippen molar-refractivity contribution in [2.45, 2.75) is 39.3 Å². The highest BCUT2D eigenvalue weighted by atomic mass is 19.4. The van der Waals surface area contributed by atoms with E-state index < -0.39 is 17.9 Å². The third-order valence-corrected chi connectivity index (χ3v) is 5.74. The average molecular weight is 531 g/mol. The van der Waals surface area contributed by atoms with Crippen molar-refractivity contribution in [3.8, 4) is 22.6 Å². The van der Waals surface area contributed by atoms with Crippen molar-refractivity contribution in [2.24, 2.45) is 0 Å². The summed E-state index contributed by atoms with van der Waals surface area (Å²) in [5.74, 6) is -0.205. The first-order chi connectivity index (χ1) is 17.8. The normalized spacial score (nSPS) is 14.8. The number of hydrogen-bond donors (Lipinski definition) is 1. The Kier molecular flexibility index (Phi) is 7.77. The number of carbonyl (C=O) groups is 1. The summed E-state index contributed by atoms with van der Waals surface area (Å²) < 4.78 is 48.4. The van der Waals surface area contributed by atoms with Gasteiger partial charge >= 0.3 is 12.3 Å². The molecular formula is C27H29F3N4O4. The van der Waals surface area contributed by atoms with Crippen molar-refractivity contribution >= 4 is 11.8 Å². The van der Waals surface area contributed by atoms with Crippen LogP contribution in [0.3, 0.4) is 0 Å². The van der Waals surface area contributed by atoms with E-state index in [2.05, 4.69) is 19.8 Å². The van der Waals surface area contributed by atoms with Gasteiger partial charge in [0, 0.05) is 32.7 Å². The Balaban J connectivity index is 1.42. The van der Waals surface area contributed by atoms with Crippen molar-refractivity contribution < 1.29 is 32.5 Å². The predicted octanol–water partition coefficient (Wildman–Crippen LogP) is 5.03. The van der Waals surface area contributed by atoms with E-state index in [1.807, 2.05) is 4.90 Å². The molecule has 38 heavy (non-hydrogen) atoms. The molecule has 1 aliphatic rings. The SMILES string of the molecule is CC(C)(C)OC(=O)c1ccc(N2CCN(Cc3cc(OC(F)(F)F)cc(-c4cccc(O)c4)c3)CC2)nn1. The summed E-state index contributed by atoms with van der Waals surface area (Å²) in [6.07, 6.45) is -4.82. The Bertz CT molecular complexity index is 1270. The van der Waals surface area contributed by atoms with Gasteiger partial charge in [-0.15, -0.1) is 23.4 Å². The molecule has 1 N–H and O–H groups in total. The lowest BCUT2D eigenvalue weighted by atomic mass is 10.0. The van der Waals surface area contributed by atoms with Crippen LogP contribution in [-0.4, -0.2) is 64.3 Å². The zero-order chi connectivity index (χ0) is 27.5. The zero-order valence-electron chi connectivity index (χ0n) is 21.3. The largest absolute Gasteiger partial charge is 0.573 e. The first-order valence-corrected chi connectivity index (χ1v) is 12.1. The summed E-state index contributed by atoms with van der Waals surface area (Å²) in [5, 5.41) is 18.0. The van der Waals surface area contributed by atoms with Gasteiger partial charge in [0.25, 0.3) is 0 Å². The number of ether oxygens (including phenoxy) is 2. The van der Waals surface area contributed by atoms with Crippen LogP contribution in [0.15, 0.2) is 54.6 Å². The minimum atomic E-state index is -4.82. The van der Waals surface area contributed by atoms with Gasteiger partial charge in [-0.1, -0.05) is 12.1 Å². The number of phenols is 1. The molecule has 8 nitrogen and oxygen atoms in total. The molecule has 1 aliphatic heterocycles. The molecule has 1 aromatic heterocycles. The summed E-state index contributed by atoms with van der Waals surface area (Å²) in [4.78, 5) is 16.3. The van der Waals surface area contributed by atoms with Crippen LogP contribution in [0, 0.1) is 0 Å². The van der Waals surface area contributed by atoms with E-state index in [-0.39, 0.29) is 17.2 Å². The molecule has 11 heteroatoms. The number of phenolic OH excluding ortho intramolecular Hbond substituents is 1. The number of hydrogen-bond acceptors (Lipinski definition) is 8. The van der Waals surface area contributed by atoms with Gasteiger partial charge in [-0.25, -0.2) is 4.79 Å². The molecule has 1 fully saturated rings. The minimum Gasteiger partial charge on any atom is -0.508 e. The first-order valence-electron chi connectivity index (χ1n) is 12.1. The number of anilines is 1. The van der Waals surface area contributed by atoms with Crippen LogP contribution in [0.5, 0.6) is 11.5 Å². The Labute approximate surface area is 218 Å². The van der Waals surface area contributed by atoms with E-state index in [9.17, 15) is 23.1 Å². The van der Waals surface area contributed by atoms with Gasteiger partial charge in [0.05, 0.1) is 0 Å². The molecule has 0 atom stereocenters. The Hall–Kier alpha value is -3.86. The van der Waals surface area contributed by atoms with Crippen LogP contribution < -0.4 is 9.64 Å². The zero-order valence-corrected chi connectivity index (χ0v) is 21.3. The maximum absolute atomic E-state index is 13.0. The average Bonchev–Trinajstić information content (AvgIpc) is 2.82. The standard InChI is InChI=1S/C27H29F3N4O4/c1-26(2,3)38-25(36)23-7-8-24(32-31-23)34-11-9-33(10-12-34)17-18-13-20(19-5-4-6-21(35)15-19)16-22(14-18)37-27(28,29)30/h4-8,13-16,35H,9-12,17H2,1-3H3. The van der Waals surface area contributed by atoms with E-state index in [1.54, 1.807) is 51.1 Å². The number of esters is 1. The molecule has 2 heterocycles. The van der Waals surface area contributed by atoms with Crippen LogP contribution in [0.25, 0.3) is 11.1 Å². The Morgan fingerprint density at radius 1 is 0.947 bits per heavy atom. The number of halogens is 3. The fourth-order valence-corrected chi connectivity index (χ4v) is 4.12. The highest BCUT2D eigenvalue weighted by molar-refractivity contribution is 5.87. The number of aromatic hydroxyl groups is 1. The molecule has 0 unspecified atom stereocenters. The molecule has 0 spiro atoms. The van der Waals surface area contributed by atoms with Gasteiger partial charge < -0.3 is 19.5 Å². The van der Waals surface area contributed by atoms with Crippen molar-refractivity contribution in [1.29, 1.82) is 0 Å². The third kappa shape index (κ3) is 7.58. The first kappa shape index (κ1) is 27.2. The van der Waals surface area contributed by atoms with Crippen LogP contribution in [0.2, 0.25) is 0 Å². The number of benzene rings is 2. The Morgan fingerprint density at radius 3 is 2.29 bits per heavy atom. The third-order valence-electron chi connectivity index (χ3n) is 5.74. The van der Waals surface area contributed by atoms with Gasteiger partial charge in [0.2, 0.25) is 0 Å². The highest BCUT2D eigenvalue weighted by Gasteiger charge is 2.31. The van der Waals surface area contributed by atoms with E-state index >= 15 is 0 Å². The fourth-order valence-electron chi connectivity index (χ4n) is 4.12. The quantitative estimate of drug-likeness (QED) is 0.445. The molecule has 0 saturated carbocycles. The summed E-state index contributed by atoms with van der Waals surface area (Å²) in [7, 11) is 0. The Morgan fingerprint density at radius 2 is 1.68 bits per heavy atom. The van der Waals surface area contributed by atoms with Crippen molar-refractivity contribution in [3.63, 3.8) is 0 Å². The lowest BCUT2D eigenvalue weighted by Gasteiger charge is -2.35. The number of piperazine rings is 1. The molecule has 2 aromatic carbocycles. The predicted molar refractivity (Wildman–Crippen MR) is 135 cm³/mol. The molecule has 0 amide bonds. The molecule has 0 aliphatic carbocycles. The summed E-state index contributed by atoms with van der Waals surface area (Å²) in [6, 6.07) is 14.1. The summed E-state index contributed by atoms with van der Waals surface area (Å²) in [5.41, 5.74) is 1.25. The highest BCUT2D eigenvalue weighted by Crippen LogP contribution is 2.32. The van der Waals surface area contributed by atoms with Crippen LogP contribution in [0.4, 0.5) is 19.0 Å². The number of nitrogens with zero attached hydrogens (tertiary/aromatic N) is 4. The number of rotatable bonds is 6. The van der Waals surface area contributed by atoms with E-state index in [1.165, 1.54) is 24.3 Å². The second kappa shape index (κ2) is 10.9. The van der Waals surface area contributed by atoms with E-state index in [0.29, 0.717) is 55.2 Å². The van der Waals surface area contributed by atoms with E-state index in [4.69, 9.17) is 4.74 Å². The second-order valence-electron chi connectivity index (χ2n) is 10.0. The lowest BCUT2D eigenvalue weighted by Crippen LogP contribution is -2.46. The second-order valence-corrected chi connectivity index (χ2v) is 10.0. The van der Waals surface area contributed by atoms with Gasteiger partial charge in [-0.2, -0.15) is 0 Å². The molecule has 0 bridgehead atoms. The maximum atomic E-state index is 13.0. The molecule has 3 aromatic rings. The number of aromatic nitrogens is 2. The molecule has 0 radical (unpaired) electrons. The summed E-state index contributed by atoms with van der Waals surface area (Å²) >= 11 is 0. The summed E-state index contributed by atoms with van der Waals surface area (Å²) in [6.45, 7) is 8.27. The molecule has 202 valence electrons. The van der Waals surface area contributed by atoms with Gasteiger partial charge in [0.15, 0.2) is 11.5 Å². The topological polar surface area (TPSA) is 88.0 Å². The van der Waals surface area contributed by atoms with Gasteiger partial charge in [-0.3, -0.25) is 4.90 Å². The molecule has 4 rings (SSSR count). The number of carbonyl (C=O) groups excluding carboxylic acids is 1. The molecule has 1 saturated heterocycles. The van der Waals surface area contributed by atoms with Crippen molar-refractivity contribution in [1.82, 2.24) is 15.1 Å². The van der Waals surface area contributed by atoms with E-state index in [0.717, 1.165) is 0 Å². The van der Waals surface area contributed by atoms with Crippen molar-refractivity contribution in [2.75, 3.05) is 31.1 Å². The van der Waals surface area contributed by atoms with Crippen LogP contribution >= 0.6 is 0 Å². The molecular weight excluding hydrogens is 501 g/mol. The van der Waals surface area contributed by atoms with Crippen LogP contribution in [-0.2, 0) is 11.3 Å². The maximum Gasteiger partial charge on any atom is 0.573 e.